The molecule has 0 amide bonds. The van der Waals surface area contributed by atoms with Crippen molar-refractivity contribution < 1.29 is 34.8 Å². The van der Waals surface area contributed by atoms with Crippen LogP contribution < -0.4 is 0 Å². The molecule has 0 radical (unpaired) electrons. The smallest absolute Gasteiger partial charge is 0.310 e. The normalized spacial score (nSPS) is 58.6. The first kappa shape index (κ1) is 18.1. The molecule has 0 aromatic rings. The van der Waals surface area contributed by atoms with E-state index in [0.29, 0.717) is 5.57 Å². The molecule has 4 N–H and O–H groups in total. The lowest BCUT2D eigenvalue weighted by molar-refractivity contribution is -0.207. The largest absolute Gasteiger partial charge is 0.459 e. The van der Waals surface area contributed by atoms with Gasteiger partial charge in [0.15, 0.2) is 5.78 Å². The van der Waals surface area contributed by atoms with E-state index in [1.54, 1.807) is 20.8 Å². The van der Waals surface area contributed by atoms with E-state index in [4.69, 9.17) is 4.74 Å². The van der Waals surface area contributed by atoms with Crippen LogP contribution in [-0.2, 0) is 14.3 Å². The fourth-order valence-electron chi connectivity index (χ4n) is 6.63. The van der Waals surface area contributed by atoms with Crippen molar-refractivity contribution in [2.75, 3.05) is 0 Å². The van der Waals surface area contributed by atoms with Crippen molar-refractivity contribution in [1.29, 1.82) is 0 Å². The number of aliphatic hydroxyl groups excluding tert-OH is 3. The van der Waals surface area contributed by atoms with Gasteiger partial charge in [0.25, 0.3) is 0 Å². The van der Waals surface area contributed by atoms with E-state index in [-0.39, 0.29) is 18.1 Å². The highest BCUT2D eigenvalue weighted by molar-refractivity contribution is 6.01. The van der Waals surface area contributed by atoms with Gasteiger partial charge in [-0.25, -0.2) is 0 Å². The van der Waals surface area contributed by atoms with E-state index >= 15 is 0 Å². The molecule has 0 spiro atoms. The van der Waals surface area contributed by atoms with Crippen molar-refractivity contribution in [3.8, 4) is 0 Å². The third kappa shape index (κ3) is 1.77. The molecule has 4 rings (SSSR count). The molecule has 3 fully saturated rings. The summed E-state index contributed by atoms with van der Waals surface area (Å²) in [5.41, 5.74) is -3.75. The summed E-state index contributed by atoms with van der Waals surface area (Å²) in [5, 5.41) is 43.3. The molecule has 4 aliphatic rings. The van der Waals surface area contributed by atoms with Crippen molar-refractivity contribution in [3.63, 3.8) is 0 Å². The van der Waals surface area contributed by atoms with Gasteiger partial charge in [-0.05, 0) is 18.6 Å². The Bertz CT molecular complexity index is 727. The first-order valence-electron chi connectivity index (χ1n) is 9.12. The molecule has 3 aliphatic carbocycles. The van der Waals surface area contributed by atoms with Gasteiger partial charge in [0, 0.05) is 23.7 Å². The summed E-state index contributed by atoms with van der Waals surface area (Å²) in [6, 6.07) is 0. The summed E-state index contributed by atoms with van der Waals surface area (Å²) in [7, 11) is 0. The number of carbonyl (C=O) groups excluding carboxylic acids is 2. The number of allylic oxidation sites excluding steroid dienone is 1. The number of ether oxygens (including phenoxy) is 1. The maximum absolute atomic E-state index is 13.2. The van der Waals surface area contributed by atoms with Crippen molar-refractivity contribution in [2.45, 2.75) is 64.1 Å². The van der Waals surface area contributed by atoms with Crippen molar-refractivity contribution >= 4 is 11.8 Å². The summed E-state index contributed by atoms with van der Waals surface area (Å²) in [6.45, 7) is 6.56. The van der Waals surface area contributed by atoms with Gasteiger partial charge >= 0.3 is 5.97 Å². The van der Waals surface area contributed by atoms with E-state index in [2.05, 4.69) is 0 Å². The number of rotatable bonds is 0. The molecule has 26 heavy (non-hydrogen) atoms. The Morgan fingerprint density at radius 2 is 1.73 bits per heavy atom. The van der Waals surface area contributed by atoms with E-state index in [1.807, 2.05) is 0 Å². The van der Waals surface area contributed by atoms with Crippen LogP contribution in [0.4, 0.5) is 0 Å². The highest BCUT2D eigenvalue weighted by Crippen LogP contribution is 2.66. The van der Waals surface area contributed by atoms with Crippen LogP contribution in [-0.4, -0.2) is 62.2 Å². The summed E-state index contributed by atoms with van der Waals surface area (Å²) < 4.78 is 5.38. The highest BCUT2D eigenvalue weighted by Gasteiger charge is 2.74. The maximum atomic E-state index is 13.2. The molecule has 7 nitrogen and oxygen atoms in total. The SMILES string of the molecule is CC1C2OC(=O)C1C1(C)C(=O)C=C3C(C)(O)CC(O)C(O)C3(C)C1C2O. The lowest BCUT2D eigenvalue weighted by Gasteiger charge is -2.62. The molecule has 0 aromatic carbocycles. The van der Waals surface area contributed by atoms with Crippen LogP contribution in [0.3, 0.4) is 0 Å². The Morgan fingerprint density at radius 3 is 2.35 bits per heavy atom. The van der Waals surface area contributed by atoms with Crippen LogP contribution in [0.1, 0.15) is 34.1 Å². The number of hydrogen-bond acceptors (Lipinski definition) is 7. The topological polar surface area (TPSA) is 124 Å². The standard InChI is InChI=1S/C19H26O7/c1-7-11-16(24)26-13(7)12(22)14-18(3)9(5-10(21)19(11,14)4)17(2,25)6-8(20)15(18)23/h5,7-8,11-15,20,22-23,25H,6H2,1-4H3. The van der Waals surface area contributed by atoms with E-state index in [9.17, 15) is 30.0 Å². The molecule has 0 aromatic heterocycles. The third-order valence-corrected chi connectivity index (χ3v) is 7.72. The molecule has 10 unspecified atom stereocenters. The molecule has 1 saturated heterocycles. The van der Waals surface area contributed by atoms with Crippen LogP contribution in [0.25, 0.3) is 0 Å². The maximum Gasteiger partial charge on any atom is 0.310 e. The van der Waals surface area contributed by atoms with Gasteiger partial charge in [-0.3, -0.25) is 9.59 Å². The third-order valence-electron chi connectivity index (χ3n) is 7.72. The van der Waals surface area contributed by atoms with Crippen molar-refractivity contribution in [3.05, 3.63) is 11.6 Å². The Balaban J connectivity index is 2.00. The van der Waals surface area contributed by atoms with Crippen LogP contribution in [0.2, 0.25) is 0 Å². The number of esters is 1. The minimum atomic E-state index is -1.50. The second kappa shape index (κ2) is 4.95. The minimum Gasteiger partial charge on any atom is -0.459 e. The molecular formula is C19H26O7. The molecule has 1 heterocycles. The molecule has 2 saturated carbocycles. The van der Waals surface area contributed by atoms with Gasteiger partial charge in [-0.2, -0.15) is 0 Å². The fourth-order valence-corrected chi connectivity index (χ4v) is 6.63. The Morgan fingerprint density at radius 1 is 1.12 bits per heavy atom. The average molecular weight is 366 g/mol. The van der Waals surface area contributed by atoms with Crippen molar-refractivity contribution in [1.82, 2.24) is 0 Å². The van der Waals surface area contributed by atoms with Crippen molar-refractivity contribution in [2.24, 2.45) is 28.6 Å². The number of carbonyl (C=O) groups is 2. The fraction of sp³-hybridized carbons (Fsp3) is 0.789. The Kier molecular flexibility index (Phi) is 3.45. The zero-order valence-corrected chi connectivity index (χ0v) is 15.3. The number of aliphatic hydroxyl groups is 4. The Hall–Kier alpha value is -1.28. The predicted molar refractivity (Wildman–Crippen MR) is 88.6 cm³/mol. The van der Waals surface area contributed by atoms with E-state index in [1.165, 1.54) is 13.0 Å². The van der Waals surface area contributed by atoms with Gasteiger partial charge in [0.1, 0.15) is 6.10 Å². The highest BCUT2D eigenvalue weighted by atomic mass is 16.6. The lowest BCUT2D eigenvalue weighted by Crippen LogP contribution is -2.70. The van der Waals surface area contributed by atoms with Gasteiger partial charge < -0.3 is 25.2 Å². The minimum absolute atomic E-state index is 0.110. The summed E-state index contributed by atoms with van der Waals surface area (Å²) >= 11 is 0. The number of hydrogen-bond donors (Lipinski definition) is 4. The summed E-state index contributed by atoms with van der Waals surface area (Å²) in [4.78, 5) is 25.7. The van der Waals surface area contributed by atoms with E-state index < -0.39 is 58.7 Å². The number of fused-ring (bicyclic) bond motifs is 6. The first-order chi connectivity index (χ1) is 11.9. The predicted octanol–water partition coefficient (Wildman–Crippen LogP) is -0.447. The molecule has 1 aliphatic heterocycles. The molecular weight excluding hydrogens is 340 g/mol. The Labute approximate surface area is 151 Å². The zero-order valence-electron chi connectivity index (χ0n) is 15.3. The second-order valence-electron chi connectivity index (χ2n) is 9.18. The molecule has 2 bridgehead atoms. The van der Waals surface area contributed by atoms with Crippen LogP contribution in [0.15, 0.2) is 11.6 Å². The molecule has 10 atom stereocenters. The average Bonchev–Trinajstić information content (AvgIpc) is 2.77. The summed E-state index contributed by atoms with van der Waals surface area (Å²) in [6.07, 6.45) is -3.26. The van der Waals surface area contributed by atoms with Gasteiger partial charge in [-0.15, -0.1) is 0 Å². The number of ketones is 1. The lowest BCUT2D eigenvalue weighted by atomic mass is 9.41. The quantitative estimate of drug-likeness (QED) is 0.428. The van der Waals surface area contributed by atoms with Gasteiger partial charge in [0.05, 0.1) is 35.2 Å². The summed E-state index contributed by atoms with van der Waals surface area (Å²) in [5.74, 6) is -2.81. The second-order valence-corrected chi connectivity index (χ2v) is 9.18. The molecule has 7 heteroatoms. The van der Waals surface area contributed by atoms with Gasteiger partial charge in [0.2, 0.25) is 0 Å². The first-order valence-corrected chi connectivity index (χ1v) is 9.12. The van der Waals surface area contributed by atoms with Crippen LogP contribution in [0, 0.1) is 28.6 Å². The van der Waals surface area contributed by atoms with E-state index in [0.717, 1.165) is 0 Å². The zero-order chi connectivity index (χ0) is 19.4. The van der Waals surface area contributed by atoms with Gasteiger partial charge in [-0.1, -0.05) is 20.8 Å². The van der Waals surface area contributed by atoms with Crippen LogP contribution >= 0.6 is 0 Å². The monoisotopic (exact) mass is 366 g/mol. The molecule has 144 valence electrons. The van der Waals surface area contributed by atoms with Crippen LogP contribution in [0.5, 0.6) is 0 Å².